The number of carbonyl (C=O) groups excluding carboxylic acids is 1. The van der Waals surface area contributed by atoms with Crippen molar-refractivity contribution in [1.29, 1.82) is 5.26 Å². The Hall–Kier alpha value is -3.05. The highest BCUT2D eigenvalue weighted by Gasteiger charge is 2.30. The van der Waals surface area contributed by atoms with Crippen molar-refractivity contribution in [3.8, 4) is 6.07 Å². The number of aromatic nitrogens is 1. The fraction of sp³-hybridized carbons (Fsp3) is 0.0714. The van der Waals surface area contributed by atoms with Crippen LogP contribution in [0.1, 0.15) is 16.3 Å². The van der Waals surface area contributed by atoms with E-state index in [0.717, 1.165) is 5.69 Å². The molecule has 0 fully saturated rings. The number of hydrogen-bond acceptors (Lipinski definition) is 6. The van der Waals surface area contributed by atoms with Crippen LogP contribution < -0.4 is 5.32 Å². The number of hydrogen-bond donors (Lipinski definition) is 1. The monoisotopic (exact) mass is 312 g/mol. The Balaban J connectivity index is 2.26. The second-order valence-electron chi connectivity index (χ2n) is 4.60. The summed E-state index contributed by atoms with van der Waals surface area (Å²) in [4.78, 5) is 26.8. The van der Waals surface area contributed by atoms with Crippen molar-refractivity contribution in [3.63, 3.8) is 0 Å². The molecular weight excluding hydrogens is 304 g/mol. The topological polar surface area (TPSA) is 109 Å². The normalized spacial score (nSPS) is 15.0. The number of nitro groups is 1. The number of nitro benzene ring substituents is 1. The summed E-state index contributed by atoms with van der Waals surface area (Å²) in [5.41, 5.74) is 1.65. The molecule has 1 aromatic carbocycles. The lowest BCUT2D eigenvalue weighted by atomic mass is 10.0. The summed E-state index contributed by atoms with van der Waals surface area (Å²) >= 11 is 1.25. The number of nitrogens with one attached hydrogen (secondary N) is 1. The van der Waals surface area contributed by atoms with Gasteiger partial charge in [-0.3, -0.25) is 14.9 Å². The van der Waals surface area contributed by atoms with Gasteiger partial charge >= 0.3 is 0 Å². The van der Waals surface area contributed by atoms with Gasteiger partial charge in [0.05, 0.1) is 10.5 Å². The smallest absolute Gasteiger partial charge is 0.270 e. The Morgan fingerprint density at radius 2 is 2.27 bits per heavy atom. The summed E-state index contributed by atoms with van der Waals surface area (Å²) < 4.78 is 0. The number of amides is 1. The summed E-state index contributed by atoms with van der Waals surface area (Å²) in [6.07, 6.45) is 0. The predicted octanol–water partition coefficient (Wildman–Crippen LogP) is 2.75. The number of carbonyl (C=O) groups is 1. The number of allylic oxidation sites excluding steroid dienone is 1. The minimum Gasteiger partial charge on any atom is -0.321 e. The molecule has 0 atom stereocenters. The summed E-state index contributed by atoms with van der Waals surface area (Å²) in [5.74, 6) is -0.458. The Kier molecular flexibility index (Phi) is 3.19. The number of benzene rings is 1. The first-order chi connectivity index (χ1) is 10.5. The lowest BCUT2D eigenvalue weighted by Gasteiger charge is -2.00. The molecule has 0 saturated heterocycles. The van der Waals surface area contributed by atoms with E-state index in [1.165, 1.54) is 29.5 Å². The van der Waals surface area contributed by atoms with Gasteiger partial charge < -0.3 is 5.32 Å². The largest absolute Gasteiger partial charge is 0.321 e. The fourth-order valence-electron chi connectivity index (χ4n) is 2.20. The number of aryl methyl sites for hydroxylation is 1. The summed E-state index contributed by atoms with van der Waals surface area (Å²) in [6, 6.07) is 6.05. The van der Waals surface area contributed by atoms with Crippen LogP contribution in [0.3, 0.4) is 0 Å². The predicted molar refractivity (Wildman–Crippen MR) is 81.0 cm³/mol. The third kappa shape index (κ3) is 2.13. The quantitative estimate of drug-likeness (QED) is 0.397. The maximum Gasteiger partial charge on any atom is 0.270 e. The first-order valence-electron chi connectivity index (χ1n) is 6.18. The first-order valence-corrected chi connectivity index (χ1v) is 7.06. The van der Waals surface area contributed by atoms with Gasteiger partial charge in [0, 0.05) is 34.5 Å². The van der Waals surface area contributed by atoms with Crippen LogP contribution in [-0.4, -0.2) is 15.8 Å². The van der Waals surface area contributed by atoms with Gasteiger partial charge in [0.1, 0.15) is 16.6 Å². The van der Waals surface area contributed by atoms with Crippen molar-refractivity contribution in [2.45, 2.75) is 6.92 Å². The molecular formula is C14H8N4O3S. The lowest BCUT2D eigenvalue weighted by molar-refractivity contribution is -0.384. The summed E-state index contributed by atoms with van der Waals surface area (Å²) in [7, 11) is 0. The molecule has 1 aromatic heterocycles. The van der Waals surface area contributed by atoms with Crippen LogP contribution in [0.5, 0.6) is 0 Å². The summed E-state index contributed by atoms with van der Waals surface area (Å²) in [5, 5.41) is 25.1. The van der Waals surface area contributed by atoms with Crippen molar-refractivity contribution in [2.24, 2.45) is 0 Å². The number of rotatable bonds is 2. The van der Waals surface area contributed by atoms with Gasteiger partial charge in [-0.2, -0.15) is 5.26 Å². The van der Waals surface area contributed by atoms with E-state index in [2.05, 4.69) is 10.3 Å². The molecule has 0 bridgehead atoms. The van der Waals surface area contributed by atoms with Crippen LogP contribution in [-0.2, 0) is 4.79 Å². The fourth-order valence-corrected chi connectivity index (χ4v) is 2.99. The van der Waals surface area contributed by atoms with Crippen molar-refractivity contribution >= 4 is 39.8 Å². The zero-order valence-electron chi connectivity index (χ0n) is 11.3. The van der Waals surface area contributed by atoms with E-state index < -0.39 is 10.8 Å². The molecule has 0 spiro atoms. The molecule has 1 aliphatic rings. The minimum absolute atomic E-state index is 0.120. The van der Waals surface area contributed by atoms with Gasteiger partial charge in [0.15, 0.2) is 0 Å². The molecule has 1 N–H and O–H groups in total. The number of nitriles is 1. The molecule has 0 unspecified atom stereocenters. The third-order valence-electron chi connectivity index (χ3n) is 3.15. The highest BCUT2D eigenvalue weighted by molar-refractivity contribution is 7.11. The molecule has 0 radical (unpaired) electrons. The van der Waals surface area contributed by atoms with E-state index in [1.54, 1.807) is 12.3 Å². The molecule has 108 valence electrons. The van der Waals surface area contributed by atoms with E-state index in [9.17, 15) is 20.2 Å². The molecule has 7 nitrogen and oxygen atoms in total. The number of anilines is 1. The highest BCUT2D eigenvalue weighted by atomic mass is 32.1. The van der Waals surface area contributed by atoms with Crippen LogP contribution in [0.25, 0.3) is 11.1 Å². The molecule has 0 saturated carbocycles. The number of thiazole rings is 1. The SMILES string of the molecule is Cc1csc(C(C#N)=C2C(=O)Nc3ccc([N+](=O)[O-])cc32)n1. The highest BCUT2D eigenvalue weighted by Crippen LogP contribution is 2.39. The minimum atomic E-state index is -0.541. The Morgan fingerprint density at radius 3 is 2.86 bits per heavy atom. The first kappa shape index (κ1) is 13.9. The maximum absolute atomic E-state index is 12.2. The summed E-state index contributed by atoms with van der Waals surface area (Å²) in [6.45, 7) is 1.78. The van der Waals surface area contributed by atoms with Crippen molar-refractivity contribution in [2.75, 3.05) is 5.32 Å². The second kappa shape index (κ2) is 5.05. The molecule has 22 heavy (non-hydrogen) atoms. The standard InChI is InChI=1S/C14H8N4O3S/c1-7-6-22-14(16-7)10(5-15)12-9-4-8(18(20)21)2-3-11(9)17-13(12)19/h2-4,6H,1H3,(H,17,19). The zero-order valence-corrected chi connectivity index (χ0v) is 12.1. The maximum atomic E-state index is 12.2. The molecule has 2 heterocycles. The second-order valence-corrected chi connectivity index (χ2v) is 5.46. The number of fused-ring (bicyclic) bond motifs is 1. The molecule has 8 heteroatoms. The van der Waals surface area contributed by atoms with Crippen molar-refractivity contribution < 1.29 is 9.72 Å². The van der Waals surface area contributed by atoms with Gasteiger partial charge in [-0.25, -0.2) is 4.98 Å². The van der Waals surface area contributed by atoms with Gasteiger partial charge in [-0.15, -0.1) is 11.3 Å². The van der Waals surface area contributed by atoms with E-state index in [4.69, 9.17) is 0 Å². The van der Waals surface area contributed by atoms with Gasteiger partial charge in [0.25, 0.3) is 11.6 Å². The van der Waals surface area contributed by atoms with Crippen LogP contribution in [0, 0.1) is 28.4 Å². The Labute approximate surface area is 128 Å². The lowest BCUT2D eigenvalue weighted by Crippen LogP contribution is -2.05. The van der Waals surface area contributed by atoms with Gasteiger partial charge in [-0.05, 0) is 13.0 Å². The van der Waals surface area contributed by atoms with Crippen molar-refractivity contribution in [3.05, 3.63) is 50.0 Å². The van der Waals surface area contributed by atoms with E-state index in [1.807, 2.05) is 6.07 Å². The van der Waals surface area contributed by atoms with Crippen LogP contribution in [0.2, 0.25) is 0 Å². The Bertz CT molecular complexity index is 892. The van der Waals surface area contributed by atoms with E-state index in [-0.39, 0.29) is 16.8 Å². The number of non-ortho nitro benzene ring substituents is 1. The molecule has 2 aromatic rings. The van der Waals surface area contributed by atoms with Crippen LogP contribution in [0.15, 0.2) is 23.6 Å². The third-order valence-corrected chi connectivity index (χ3v) is 4.13. The molecule has 1 aliphatic heterocycles. The average Bonchev–Trinajstić information content (AvgIpc) is 3.04. The molecule has 1 amide bonds. The van der Waals surface area contributed by atoms with E-state index >= 15 is 0 Å². The van der Waals surface area contributed by atoms with Gasteiger partial charge in [0.2, 0.25) is 0 Å². The molecule has 0 aliphatic carbocycles. The Morgan fingerprint density at radius 1 is 1.50 bits per heavy atom. The number of nitrogens with zero attached hydrogens (tertiary/aromatic N) is 3. The van der Waals surface area contributed by atoms with Crippen molar-refractivity contribution in [1.82, 2.24) is 4.98 Å². The van der Waals surface area contributed by atoms with Crippen LogP contribution >= 0.6 is 11.3 Å². The van der Waals surface area contributed by atoms with Gasteiger partial charge in [-0.1, -0.05) is 0 Å². The zero-order chi connectivity index (χ0) is 15.9. The average molecular weight is 312 g/mol. The van der Waals surface area contributed by atoms with Crippen LogP contribution in [0.4, 0.5) is 11.4 Å². The van der Waals surface area contributed by atoms with E-state index in [0.29, 0.717) is 16.3 Å². The molecule has 3 rings (SSSR count).